The number of benzene rings is 2. The third-order valence-electron chi connectivity index (χ3n) is 2.80. The van der Waals surface area contributed by atoms with E-state index in [2.05, 4.69) is 31.2 Å². The first-order chi connectivity index (χ1) is 9.63. The summed E-state index contributed by atoms with van der Waals surface area (Å²) in [5, 5.41) is 3.74. The first kappa shape index (κ1) is 12.8. The number of hydrogen-bond acceptors (Lipinski definition) is 4. The number of nitrogen functional groups attached to an aromatic ring is 1. The van der Waals surface area contributed by atoms with Crippen LogP contribution in [0.25, 0.3) is 10.9 Å². The molecule has 0 unspecified atom stereocenters. The Kier molecular flexibility index (Phi) is 3.23. The number of para-hydroxylation sites is 1. The van der Waals surface area contributed by atoms with Crippen LogP contribution in [0.2, 0.25) is 0 Å². The third kappa shape index (κ3) is 2.42. The minimum atomic E-state index is -0.374. The fraction of sp³-hybridized carbons (Fsp3) is 0. The van der Waals surface area contributed by atoms with Crippen molar-refractivity contribution in [1.82, 2.24) is 9.97 Å². The summed E-state index contributed by atoms with van der Waals surface area (Å²) in [5.41, 5.74) is 6.72. The predicted molar refractivity (Wildman–Crippen MR) is 81.3 cm³/mol. The fourth-order valence-corrected chi connectivity index (χ4v) is 2.24. The Bertz CT molecular complexity index is 791. The fourth-order valence-electron chi connectivity index (χ4n) is 1.91. The lowest BCUT2D eigenvalue weighted by molar-refractivity contribution is 0.631. The summed E-state index contributed by atoms with van der Waals surface area (Å²) in [6.45, 7) is 0. The quantitative estimate of drug-likeness (QED) is 0.748. The standard InChI is InChI=1S/C14H10BrFN4/c15-8-5-6-12(10(16)7-8)18-13-9-3-1-2-4-11(9)19-14(17)20-13/h1-7H,(H3,17,18,19,20). The molecule has 0 radical (unpaired) electrons. The van der Waals surface area contributed by atoms with E-state index in [9.17, 15) is 4.39 Å². The maximum Gasteiger partial charge on any atom is 0.222 e. The van der Waals surface area contributed by atoms with Crippen LogP contribution in [0.15, 0.2) is 46.9 Å². The van der Waals surface area contributed by atoms with Gasteiger partial charge in [-0.1, -0.05) is 28.1 Å². The number of nitrogens with two attached hydrogens (primary N) is 1. The van der Waals surface area contributed by atoms with Crippen LogP contribution < -0.4 is 11.1 Å². The highest BCUT2D eigenvalue weighted by Crippen LogP contribution is 2.27. The van der Waals surface area contributed by atoms with E-state index in [1.165, 1.54) is 6.07 Å². The van der Waals surface area contributed by atoms with Crippen LogP contribution in [0, 0.1) is 5.82 Å². The molecule has 0 fully saturated rings. The second-order valence-electron chi connectivity index (χ2n) is 4.20. The molecular formula is C14H10BrFN4. The van der Waals surface area contributed by atoms with Crippen molar-refractivity contribution in [2.45, 2.75) is 0 Å². The zero-order chi connectivity index (χ0) is 14.1. The third-order valence-corrected chi connectivity index (χ3v) is 3.30. The van der Waals surface area contributed by atoms with E-state index in [-0.39, 0.29) is 11.8 Å². The van der Waals surface area contributed by atoms with Crippen molar-refractivity contribution in [3.05, 3.63) is 52.8 Å². The van der Waals surface area contributed by atoms with E-state index in [1.807, 2.05) is 24.3 Å². The lowest BCUT2D eigenvalue weighted by Crippen LogP contribution is -2.02. The van der Waals surface area contributed by atoms with Gasteiger partial charge in [-0.25, -0.2) is 9.37 Å². The lowest BCUT2D eigenvalue weighted by atomic mass is 10.2. The summed E-state index contributed by atoms with van der Waals surface area (Å²) in [5.74, 6) is 0.249. The van der Waals surface area contributed by atoms with E-state index in [0.717, 1.165) is 5.39 Å². The number of aromatic nitrogens is 2. The second kappa shape index (κ2) is 5.05. The molecule has 0 aliphatic rings. The summed E-state index contributed by atoms with van der Waals surface area (Å²) < 4.78 is 14.5. The molecule has 0 saturated heterocycles. The van der Waals surface area contributed by atoms with Gasteiger partial charge >= 0.3 is 0 Å². The first-order valence-electron chi connectivity index (χ1n) is 5.88. The van der Waals surface area contributed by atoms with Gasteiger partial charge in [0.05, 0.1) is 11.2 Å². The average Bonchev–Trinajstić information content (AvgIpc) is 2.41. The molecule has 4 nitrogen and oxygen atoms in total. The Morgan fingerprint density at radius 3 is 2.70 bits per heavy atom. The number of nitrogens with one attached hydrogen (secondary N) is 1. The molecule has 2 aromatic carbocycles. The molecule has 0 saturated carbocycles. The van der Waals surface area contributed by atoms with Gasteiger partial charge in [-0.3, -0.25) is 0 Å². The molecular weight excluding hydrogens is 323 g/mol. The highest BCUT2D eigenvalue weighted by Gasteiger charge is 2.09. The number of halogens is 2. The van der Waals surface area contributed by atoms with Gasteiger partial charge in [-0.2, -0.15) is 4.98 Å². The summed E-state index contributed by atoms with van der Waals surface area (Å²) in [6.07, 6.45) is 0. The lowest BCUT2D eigenvalue weighted by Gasteiger charge is -2.10. The van der Waals surface area contributed by atoms with Gasteiger partial charge in [0.1, 0.15) is 11.6 Å². The van der Waals surface area contributed by atoms with Crippen molar-refractivity contribution >= 4 is 44.3 Å². The van der Waals surface area contributed by atoms with Crippen LogP contribution >= 0.6 is 15.9 Å². The molecule has 0 bridgehead atoms. The van der Waals surface area contributed by atoms with E-state index in [0.29, 0.717) is 21.5 Å². The van der Waals surface area contributed by atoms with Gasteiger partial charge < -0.3 is 11.1 Å². The molecule has 0 amide bonds. The highest BCUT2D eigenvalue weighted by molar-refractivity contribution is 9.10. The van der Waals surface area contributed by atoms with Crippen molar-refractivity contribution in [3.63, 3.8) is 0 Å². The molecule has 3 rings (SSSR count). The van der Waals surface area contributed by atoms with Gasteiger partial charge in [-0.15, -0.1) is 0 Å². The molecule has 0 atom stereocenters. The van der Waals surface area contributed by atoms with Gasteiger partial charge in [0.25, 0.3) is 0 Å². The second-order valence-corrected chi connectivity index (χ2v) is 5.11. The van der Waals surface area contributed by atoms with Crippen molar-refractivity contribution in [2.75, 3.05) is 11.1 Å². The minimum absolute atomic E-state index is 0.142. The molecule has 3 N–H and O–H groups in total. The van der Waals surface area contributed by atoms with Crippen molar-refractivity contribution < 1.29 is 4.39 Å². The zero-order valence-corrected chi connectivity index (χ0v) is 11.9. The topological polar surface area (TPSA) is 63.8 Å². The maximum atomic E-state index is 13.9. The molecule has 3 aromatic rings. The first-order valence-corrected chi connectivity index (χ1v) is 6.67. The van der Waals surface area contributed by atoms with Crippen LogP contribution in [0.3, 0.4) is 0 Å². The van der Waals surface area contributed by atoms with E-state index in [4.69, 9.17) is 5.73 Å². The molecule has 6 heteroatoms. The number of rotatable bonds is 2. The van der Waals surface area contributed by atoms with Crippen molar-refractivity contribution in [1.29, 1.82) is 0 Å². The highest BCUT2D eigenvalue weighted by atomic mass is 79.9. The molecule has 1 aromatic heterocycles. The van der Waals surface area contributed by atoms with Crippen LogP contribution in [-0.4, -0.2) is 9.97 Å². The van der Waals surface area contributed by atoms with Crippen LogP contribution in [0.1, 0.15) is 0 Å². The summed E-state index contributed by atoms with van der Waals surface area (Å²) in [4.78, 5) is 8.28. The van der Waals surface area contributed by atoms with Crippen molar-refractivity contribution in [3.8, 4) is 0 Å². The van der Waals surface area contributed by atoms with Gasteiger partial charge in [-0.05, 0) is 30.3 Å². The normalized spacial score (nSPS) is 10.7. The Hall–Kier alpha value is -2.21. The Morgan fingerprint density at radius 2 is 1.90 bits per heavy atom. The predicted octanol–water partition coefficient (Wildman–Crippen LogP) is 3.86. The van der Waals surface area contributed by atoms with E-state index in [1.54, 1.807) is 12.1 Å². The summed E-state index contributed by atoms with van der Waals surface area (Å²) in [7, 11) is 0. The minimum Gasteiger partial charge on any atom is -0.368 e. The molecule has 20 heavy (non-hydrogen) atoms. The maximum absolute atomic E-state index is 13.9. The van der Waals surface area contributed by atoms with Crippen molar-refractivity contribution in [2.24, 2.45) is 0 Å². The van der Waals surface area contributed by atoms with Gasteiger partial charge in [0.15, 0.2) is 0 Å². The molecule has 0 aliphatic carbocycles. The number of fused-ring (bicyclic) bond motifs is 1. The van der Waals surface area contributed by atoms with E-state index >= 15 is 0 Å². The van der Waals surface area contributed by atoms with Gasteiger partial charge in [0.2, 0.25) is 5.95 Å². The van der Waals surface area contributed by atoms with Gasteiger partial charge in [0, 0.05) is 9.86 Å². The van der Waals surface area contributed by atoms with Crippen LogP contribution in [0.4, 0.5) is 21.8 Å². The van der Waals surface area contributed by atoms with E-state index < -0.39 is 0 Å². The number of hydrogen-bond donors (Lipinski definition) is 2. The summed E-state index contributed by atoms with van der Waals surface area (Å²) in [6, 6.07) is 12.2. The summed E-state index contributed by atoms with van der Waals surface area (Å²) >= 11 is 3.22. The largest absolute Gasteiger partial charge is 0.368 e. The molecule has 0 spiro atoms. The molecule has 1 heterocycles. The number of anilines is 3. The zero-order valence-electron chi connectivity index (χ0n) is 10.3. The molecule has 100 valence electrons. The van der Waals surface area contributed by atoms with Crippen LogP contribution in [0.5, 0.6) is 0 Å². The SMILES string of the molecule is Nc1nc(Nc2ccc(Br)cc2F)c2ccccc2n1. The Morgan fingerprint density at radius 1 is 1.10 bits per heavy atom. The smallest absolute Gasteiger partial charge is 0.222 e. The monoisotopic (exact) mass is 332 g/mol. The Balaban J connectivity index is 2.10. The molecule has 0 aliphatic heterocycles. The number of nitrogens with zero attached hydrogens (tertiary/aromatic N) is 2. The average molecular weight is 333 g/mol. The Labute approximate surface area is 123 Å². The van der Waals surface area contributed by atoms with Crippen LogP contribution in [-0.2, 0) is 0 Å².